The van der Waals surface area contributed by atoms with Crippen molar-refractivity contribution in [2.45, 2.75) is 19.4 Å². The number of carboxylic acids is 1. The molecule has 0 aliphatic carbocycles. The molecule has 0 heterocycles. The van der Waals surface area contributed by atoms with Gasteiger partial charge >= 0.3 is 5.97 Å². The van der Waals surface area contributed by atoms with Crippen LogP contribution in [0.15, 0.2) is 24.3 Å². The van der Waals surface area contributed by atoms with Crippen LogP contribution in [0.3, 0.4) is 0 Å². The van der Waals surface area contributed by atoms with Crippen molar-refractivity contribution in [2.75, 3.05) is 13.2 Å². The molecule has 0 saturated carbocycles. The van der Waals surface area contributed by atoms with Crippen molar-refractivity contribution in [1.82, 2.24) is 5.32 Å². The molecule has 6 heteroatoms. The molecule has 0 spiro atoms. The molecule has 0 bridgehead atoms. The smallest absolute Gasteiger partial charge is 0.322 e. The second-order valence-corrected chi connectivity index (χ2v) is 4.28. The summed E-state index contributed by atoms with van der Waals surface area (Å²) in [6.45, 7) is 1.63. The molecule has 1 atom stereocenters. The lowest BCUT2D eigenvalue weighted by Crippen LogP contribution is -2.43. The molecule has 112 valence electrons. The summed E-state index contributed by atoms with van der Waals surface area (Å²) in [5, 5.41) is 10.7. The zero-order valence-electron chi connectivity index (χ0n) is 11.8. The van der Waals surface area contributed by atoms with Crippen LogP contribution in [0.4, 0.5) is 0 Å². The summed E-state index contributed by atoms with van der Waals surface area (Å²) in [7, 11) is 0. The monoisotopic (exact) mass is 290 g/mol. The Kier molecular flexibility index (Phi) is 6.78. The van der Waals surface area contributed by atoms with Crippen LogP contribution in [-0.2, 0) is 16.0 Å². The molecule has 0 radical (unpaired) electrons. The number of benzene rings is 1. The molecule has 1 amide bonds. The summed E-state index contributed by atoms with van der Waals surface area (Å²) >= 11 is 0. The fraction of sp³-hybridized carbons (Fsp3) is 0.333. The van der Waals surface area contributed by atoms with Crippen LogP contribution in [0.25, 0.3) is 0 Å². The molecular formula is C15H18N2O4. The molecule has 1 aromatic carbocycles. The Labute approximate surface area is 123 Å². The highest BCUT2D eigenvalue weighted by atomic mass is 16.5. The molecule has 21 heavy (non-hydrogen) atoms. The van der Waals surface area contributed by atoms with Crippen molar-refractivity contribution >= 4 is 11.9 Å². The Hall–Kier alpha value is -2.52. The normalized spacial score (nSPS) is 11.0. The molecule has 0 aliphatic rings. The summed E-state index contributed by atoms with van der Waals surface area (Å²) in [5.41, 5.74) is 6.58. The molecule has 0 saturated heterocycles. The van der Waals surface area contributed by atoms with E-state index in [1.54, 1.807) is 31.2 Å². The zero-order chi connectivity index (χ0) is 15.7. The number of hydrogen-bond acceptors (Lipinski definition) is 4. The Morgan fingerprint density at radius 1 is 1.38 bits per heavy atom. The van der Waals surface area contributed by atoms with Crippen LogP contribution in [0.1, 0.15) is 12.5 Å². The van der Waals surface area contributed by atoms with Gasteiger partial charge in [-0.2, -0.15) is 0 Å². The lowest BCUT2D eigenvalue weighted by Gasteiger charge is -2.11. The zero-order valence-corrected chi connectivity index (χ0v) is 11.8. The third kappa shape index (κ3) is 6.45. The number of carboxylic acid groups (broad SMARTS) is 1. The number of carbonyl (C=O) groups is 2. The highest BCUT2D eigenvalue weighted by molar-refractivity contribution is 5.85. The third-order valence-corrected chi connectivity index (χ3v) is 2.62. The minimum atomic E-state index is -1.10. The average Bonchev–Trinajstić information content (AvgIpc) is 2.46. The summed E-state index contributed by atoms with van der Waals surface area (Å²) in [5.74, 6) is 4.61. The Morgan fingerprint density at radius 2 is 2.05 bits per heavy atom. The van der Waals surface area contributed by atoms with Crippen LogP contribution in [-0.4, -0.2) is 36.2 Å². The van der Waals surface area contributed by atoms with E-state index in [9.17, 15) is 9.59 Å². The van der Waals surface area contributed by atoms with Crippen LogP contribution >= 0.6 is 0 Å². The number of aliphatic carboxylic acids is 1. The Morgan fingerprint density at radius 3 is 2.62 bits per heavy atom. The standard InChI is InChI=1S/C15H18N2O4/c1-2-3-8-21-12-6-4-11(5-7-12)9-13(16)15(20)17-10-14(18)19/h4-7,13H,8-10,16H2,1H3,(H,17,20)(H,18,19)/t13-/m0/s1. The van der Waals surface area contributed by atoms with Crippen molar-refractivity contribution in [3.05, 3.63) is 29.8 Å². The Balaban J connectivity index is 2.48. The first-order valence-electron chi connectivity index (χ1n) is 6.39. The first kappa shape index (κ1) is 16.5. The number of carbonyl (C=O) groups excluding carboxylic acids is 1. The van der Waals surface area contributed by atoms with Gasteiger partial charge in [-0.1, -0.05) is 18.1 Å². The molecule has 1 aromatic rings. The SMILES string of the molecule is CC#CCOc1ccc(C[C@H](N)C(=O)NCC(=O)O)cc1. The van der Waals surface area contributed by atoms with Crippen molar-refractivity contribution < 1.29 is 19.4 Å². The minimum Gasteiger partial charge on any atom is -0.481 e. The van der Waals surface area contributed by atoms with E-state index in [0.717, 1.165) is 5.56 Å². The van der Waals surface area contributed by atoms with Crippen LogP contribution in [0.2, 0.25) is 0 Å². The van der Waals surface area contributed by atoms with E-state index in [-0.39, 0.29) is 0 Å². The fourth-order valence-corrected chi connectivity index (χ4v) is 1.55. The van der Waals surface area contributed by atoms with E-state index in [0.29, 0.717) is 18.8 Å². The minimum absolute atomic E-state index is 0.320. The van der Waals surface area contributed by atoms with Crippen molar-refractivity contribution in [3.8, 4) is 17.6 Å². The first-order valence-corrected chi connectivity index (χ1v) is 6.39. The van der Waals surface area contributed by atoms with E-state index in [2.05, 4.69) is 17.2 Å². The topological polar surface area (TPSA) is 102 Å². The van der Waals surface area contributed by atoms with E-state index < -0.39 is 24.5 Å². The highest BCUT2D eigenvalue weighted by Gasteiger charge is 2.14. The molecule has 1 rings (SSSR count). The number of nitrogens with one attached hydrogen (secondary N) is 1. The third-order valence-electron chi connectivity index (χ3n) is 2.62. The van der Waals surface area contributed by atoms with Crippen molar-refractivity contribution in [3.63, 3.8) is 0 Å². The number of nitrogens with two attached hydrogens (primary N) is 1. The predicted octanol–water partition coefficient (Wildman–Crippen LogP) is 0.159. The summed E-state index contributed by atoms with van der Waals surface area (Å²) in [6, 6.07) is 6.36. The van der Waals surface area contributed by atoms with Gasteiger partial charge < -0.3 is 20.9 Å². The number of ether oxygens (including phenoxy) is 1. The number of hydrogen-bond donors (Lipinski definition) is 3. The molecule has 0 fully saturated rings. The van der Waals surface area contributed by atoms with Gasteiger partial charge in [0.15, 0.2) is 0 Å². The fourth-order valence-electron chi connectivity index (χ4n) is 1.55. The predicted molar refractivity (Wildman–Crippen MR) is 77.7 cm³/mol. The summed E-state index contributed by atoms with van der Waals surface area (Å²) in [6.07, 6.45) is 0.320. The van der Waals surface area contributed by atoms with Gasteiger partial charge in [0.1, 0.15) is 18.9 Å². The lowest BCUT2D eigenvalue weighted by atomic mass is 10.1. The molecular weight excluding hydrogens is 272 g/mol. The molecule has 0 aromatic heterocycles. The van der Waals surface area contributed by atoms with Gasteiger partial charge in [0.2, 0.25) is 5.91 Å². The Bertz CT molecular complexity index is 543. The van der Waals surface area contributed by atoms with Gasteiger partial charge in [-0.25, -0.2) is 0 Å². The maximum Gasteiger partial charge on any atom is 0.322 e. The van der Waals surface area contributed by atoms with Gasteiger partial charge in [0.25, 0.3) is 0 Å². The van der Waals surface area contributed by atoms with E-state index in [4.69, 9.17) is 15.6 Å². The second kappa shape index (κ2) is 8.61. The number of amides is 1. The molecule has 0 unspecified atom stereocenters. The van der Waals surface area contributed by atoms with Gasteiger partial charge in [-0.15, -0.1) is 5.92 Å². The second-order valence-electron chi connectivity index (χ2n) is 4.28. The molecule has 4 N–H and O–H groups in total. The van der Waals surface area contributed by atoms with Crippen LogP contribution in [0.5, 0.6) is 5.75 Å². The summed E-state index contributed by atoms with van der Waals surface area (Å²) < 4.78 is 5.37. The van der Waals surface area contributed by atoms with Gasteiger partial charge in [-0.05, 0) is 31.0 Å². The van der Waals surface area contributed by atoms with Gasteiger partial charge in [0.05, 0.1) is 6.04 Å². The van der Waals surface area contributed by atoms with E-state index in [1.165, 1.54) is 0 Å². The van der Waals surface area contributed by atoms with Crippen molar-refractivity contribution in [2.24, 2.45) is 5.73 Å². The lowest BCUT2D eigenvalue weighted by molar-refractivity contribution is -0.138. The number of rotatable bonds is 7. The van der Waals surface area contributed by atoms with Crippen LogP contribution < -0.4 is 15.8 Å². The molecule has 0 aliphatic heterocycles. The summed E-state index contributed by atoms with van der Waals surface area (Å²) in [4.78, 5) is 21.9. The van der Waals surface area contributed by atoms with Gasteiger partial charge in [-0.3, -0.25) is 9.59 Å². The molecule has 6 nitrogen and oxygen atoms in total. The van der Waals surface area contributed by atoms with Crippen molar-refractivity contribution in [1.29, 1.82) is 0 Å². The van der Waals surface area contributed by atoms with Gasteiger partial charge in [0, 0.05) is 0 Å². The van der Waals surface area contributed by atoms with E-state index >= 15 is 0 Å². The average molecular weight is 290 g/mol. The van der Waals surface area contributed by atoms with E-state index in [1.807, 2.05) is 0 Å². The maximum atomic E-state index is 11.6. The largest absolute Gasteiger partial charge is 0.481 e. The highest BCUT2D eigenvalue weighted by Crippen LogP contribution is 2.13. The van der Waals surface area contributed by atoms with Crippen LogP contribution in [0, 0.1) is 11.8 Å². The first-order chi connectivity index (χ1) is 10.0. The maximum absolute atomic E-state index is 11.6. The quantitative estimate of drug-likeness (QED) is 0.621.